The zero-order valence-electron chi connectivity index (χ0n) is 17.7. The first-order valence-corrected chi connectivity index (χ1v) is 10.2. The molecule has 0 bridgehead atoms. The summed E-state index contributed by atoms with van der Waals surface area (Å²) in [7, 11) is 0. The van der Waals surface area contributed by atoms with Crippen molar-refractivity contribution in [3.05, 3.63) is 81.5 Å². The largest absolute Gasteiger partial charge is 0.348 e. The fourth-order valence-electron chi connectivity index (χ4n) is 3.57. The van der Waals surface area contributed by atoms with Gasteiger partial charge in [-0.2, -0.15) is 0 Å². The smallest absolute Gasteiger partial charge is 0.267 e. The van der Waals surface area contributed by atoms with Crippen LogP contribution in [0.1, 0.15) is 47.8 Å². The number of amides is 1. The van der Waals surface area contributed by atoms with Crippen molar-refractivity contribution in [2.24, 2.45) is 0 Å². The van der Waals surface area contributed by atoms with E-state index in [1.165, 1.54) is 10.5 Å². The van der Waals surface area contributed by atoms with Gasteiger partial charge in [0, 0.05) is 31.2 Å². The molecule has 0 saturated heterocycles. The molecule has 0 unspecified atom stereocenters. The lowest BCUT2D eigenvalue weighted by atomic mass is 10.1. The number of nitrogens with zero attached hydrogens (tertiary/aromatic N) is 4. The Kier molecular flexibility index (Phi) is 5.37. The highest BCUT2D eigenvalue weighted by molar-refractivity contribution is 5.96. The average Bonchev–Trinajstić information content (AvgIpc) is 2.78. The number of fused-ring (bicyclic) bond motifs is 2. The number of carbonyl (C=O) groups excluding carboxylic acids is 1. The summed E-state index contributed by atoms with van der Waals surface area (Å²) in [6.07, 6.45) is 5.79. The van der Waals surface area contributed by atoms with Crippen LogP contribution in [-0.2, 0) is 6.54 Å². The summed E-state index contributed by atoms with van der Waals surface area (Å²) < 4.78 is 3.16. The number of aromatic nitrogens is 4. The molecule has 4 heterocycles. The molecule has 31 heavy (non-hydrogen) atoms. The molecular weight excluding hydrogens is 392 g/mol. The maximum absolute atomic E-state index is 13.3. The van der Waals surface area contributed by atoms with Crippen LogP contribution in [0.4, 0.5) is 0 Å². The second kappa shape index (κ2) is 8.14. The van der Waals surface area contributed by atoms with E-state index < -0.39 is 5.91 Å². The predicted octanol–water partition coefficient (Wildman–Crippen LogP) is 2.73. The van der Waals surface area contributed by atoms with Crippen LogP contribution in [0.25, 0.3) is 16.7 Å². The Morgan fingerprint density at radius 1 is 1.29 bits per heavy atom. The molecule has 0 aliphatic heterocycles. The Labute approximate surface area is 178 Å². The van der Waals surface area contributed by atoms with Crippen molar-refractivity contribution >= 4 is 22.6 Å². The summed E-state index contributed by atoms with van der Waals surface area (Å²) in [4.78, 5) is 35.0. The van der Waals surface area contributed by atoms with Crippen molar-refractivity contribution in [2.75, 3.05) is 0 Å². The predicted molar refractivity (Wildman–Crippen MR) is 118 cm³/mol. The molecule has 0 fully saturated rings. The Morgan fingerprint density at radius 2 is 2.10 bits per heavy atom. The van der Waals surface area contributed by atoms with Gasteiger partial charge in [0.1, 0.15) is 16.8 Å². The highest BCUT2D eigenvalue weighted by Crippen LogP contribution is 2.17. The third kappa shape index (κ3) is 3.72. The second-order valence-electron chi connectivity index (χ2n) is 7.67. The SMILES string of the molecule is CC[C@H](C)n1c(=N)c(C(=O)NCc2cccnc2)cc2c(=O)n3cc(C)ccc3nc21. The highest BCUT2D eigenvalue weighted by Gasteiger charge is 2.19. The Bertz CT molecular complexity index is 1410. The molecule has 0 radical (unpaired) electrons. The summed E-state index contributed by atoms with van der Waals surface area (Å²) >= 11 is 0. The van der Waals surface area contributed by atoms with Gasteiger partial charge < -0.3 is 9.88 Å². The Hall–Kier alpha value is -3.81. The van der Waals surface area contributed by atoms with E-state index in [9.17, 15) is 9.59 Å². The van der Waals surface area contributed by atoms with E-state index in [0.717, 1.165) is 17.5 Å². The molecule has 4 aromatic heterocycles. The third-order valence-corrected chi connectivity index (χ3v) is 5.45. The molecule has 4 aromatic rings. The topological polar surface area (TPSA) is 105 Å². The Morgan fingerprint density at radius 3 is 2.81 bits per heavy atom. The number of nitrogens with one attached hydrogen (secondary N) is 2. The zero-order valence-corrected chi connectivity index (χ0v) is 17.7. The summed E-state index contributed by atoms with van der Waals surface area (Å²) in [6, 6.07) is 8.71. The number of pyridine rings is 3. The van der Waals surface area contributed by atoms with Gasteiger partial charge in [-0.05, 0) is 49.6 Å². The van der Waals surface area contributed by atoms with Gasteiger partial charge in [0.2, 0.25) is 0 Å². The molecule has 1 amide bonds. The van der Waals surface area contributed by atoms with Crippen LogP contribution in [0.15, 0.2) is 53.7 Å². The fourth-order valence-corrected chi connectivity index (χ4v) is 3.57. The van der Waals surface area contributed by atoms with Crippen LogP contribution in [0.5, 0.6) is 0 Å². The summed E-state index contributed by atoms with van der Waals surface area (Å²) in [5.41, 5.74) is 2.61. The van der Waals surface area contributed by atoms with E-state index in [2.05, 4.69) is 15.3 Å². The lowest BCUT2D eigenvalue weighted by molar-refractivity contribution is 0.0948. The van der Waals surface area contributed by atoms with Crippen molar-refractivity contribution in [1.29, 1.82) is 5.41 Å². The van der Waals surface area contributed by atoms with Gasteiger partial charge in [-0.25, -0.2) is 4.98 Å². The van der Waals surface area contributed by atoms with E-state index in [-0.39, 0.29) is 29.2 Å². The van der Waals surface area contributed by atoms with Crippen molar-refractivity contribution < 1.29 is 4.79 Å². The fraction of sp³-hybridized carbons (Fsp3) is 0.261. The van der Waals surface area contributed by atoms with Crippen LogP contribution in [-0.4, -0.2) is 24.8 Å². The molecule has 8 nitrogen and oxygen atoms in total. The monoisotopic (exact) mass is 416 g/mol. The van der Waals surface area contributed by atoms with Gasteiger partial charge in [-0.15, -0.1) is 0 Å². The third-order valence-electron chi connectivity index (χ3n) is 5.45. The molecule has 4 rings (SSSR count). The molecule has 0 aromatic carbocycles. The quantitative estimate of drug-likeness (QED) is 0.488. The van der Waals surface area contributed by atoms with E-state index in [1.807, 2.05) is 32.9 Å². The van der Waals surface area contributed by atoms with Crippen LogP contribution in [0.3, 0.4) is 0 Å². The second-order valence-corrected chi connectivity index (χ2v) is 7.67. The molecule has 1 atom stereocenters. The van der Waals surface area contributed by atoms with Gasteiger partial charge in [-0.3, -0.25) is 24.4 Å². The van der Waals surface area contributed by atoms with Gasteiger partial charge in [-0.1, -0.05) is 19.1 Å². The van der Waals surface area contributed by atoms with E-state index >= 15 is 0 Å². The Balaban J connectivity index is 1.91. The molecule has 8 heteroatoms. The summed E-state index contributed by atoms with van der Waals surface area (Å²) in [6.45, 7) is 6.13. The van der Waals surface area contributed by atoms with E-state index in [4.69, 9.17) is 5.41 Å². The van der Waals surface area contributed by atoms with E-state index in [1.54, 1.807) is 35.3 Å². The van der Waals surface area contributed by atoms with Crippen LogP contribution >= 0.6 is 0 Å². The van der Waals surface area contributed by atoms with Gasteiger partial charge in [0.05, 0.1) is 10.9 Å². The molecule has 0 aliphatic rings. The zero-order chi connectivity index (χ0) is 22.1. The standard InChI is InChI=1S/C23H24N6O2/c1-4-15(3)29-20(24)17(22(30)26-12-16-6-5-9-25-11-16)10-18-21(29)27-19-8-7-14(2)13-28(19)23(18)31/h5-11,13,15,24H,4,12H2,1-3H3,(H,26,30)/t15-/m0/s1. The minimum Gasteiger partial charge on any atom is -0.348 e. The van der Waals surface area contributed by atoms with E-state index in [0.29, 0.717) is 16.7 Å². The highest BCUT2D eigenvalue weighted by atomic mass is 16.1. The van der Waals surface area contributed by atoms with Crippen molar-refractivity contribution in [2.45, 2.75) is 39.8 Å². The number of hydrogen-bond acceptors (Lipinski definition) is 5. The van der Waals surface area contributed by atoms with Crippen molar-refractivity contribution in [3.8, 4) is 0 Å². The molecule has 2 N–H and O–H groups in total. The maximum Gasteiger partial charge on any atom is 0.267 e. The number of carbonyl (C=O) groups is 1. The maximum atomic E-state index is 13.3. The van der Waals surface area contributed by atoms with Crippen LogP contribution in [0.2, 0.25) is 0 Å². The first-order chi connectivity index (χ1) is 14.9. The molecular formula is C23H24N6O2. The van der Waals surface area contributed by atoms with Crippen LogP contribution in [0, 0.1) is 12.3 Å². The van der Waals surface area contributed by atoms with Crippen molar-refractivity contribution in [3.63, 3.8) is 0 Å². The number of rotatable bonds is 5. The molecule has 0 spiro atoms. The van der Waals surface area contributed by atoms with Crippen molar-refractivity contribution in [1.82, 2.24) is 24.3 Å². The van der Waals surface area contributed by atoms with Gasteiger partial charge in [0.15, 0.2) is 0 Å². The lowest BCUT2D eigenvalue weighted by Gasteiger charge is -2.19. The minimum absolute atomic E-state index is 0.0360. The minimum atomic E-state index is -0.415. The average molecular weight is 416 g/mol. The molecule has 0 saturated carbocycles. The van der Waals surface area contributed by atoms with Crippen LogP contribution < -0.4 is 16.4 Å². The van der Waals surface area contributed by atoms with Gasteiger partial charge >= 0.3 is 0 Å². The first-order valence-electron chi connectivity index (χ1n) is 10.2. The van der Waals surface area contributed by atoms with Gasteiger partial charge in [0.25, 0.3) is 11.5 Å². The number of hydrogen-bond donors (Lipinski definition) is 2. The summed E-state index contributed by atoms with van der Waals surface area (Å²) in [5, 5.41) is 11.9. The number of aryl methyl sites for hydroxylation is 1. The summed E-state index contributed by atoms with van der Waals surface area (Å²) in [5.74, 6) is -0.415. The first kappa shape index (κ1) is 20.5. The molecule has 0 aliphatic carbocycles. The molecule has 158 valence electrons. The lowest BCUT2D eigenvalue weighted by Crippen LogP contribution is -2.35. The normalized spacial score (nSPS) is 12.2.